The quantitative estimate of drug-likeness (QED) is 0.666. The van der Waals surface area contributed by atoms with Gasteiger partial charge in [-0.2, -0.15) is 0 Å². The summed E-state index contributed by atoms with van der Waals surface area (Å²) < 4.78 is 5.67. The average molecular weight is 420 g/mol. The van der Waals surface area contributed by atoms with Crippen molar-refractivity contribution in [3.63, 3.8) is 0 Å². The number of halogens is 1. The van der Waals surface area contributed by atoms with Gasteiger partial charge in [0.1, 0.15) is 11.3 Å². The van der Waals surface area contributed by atoms with Gasteiger partial charge in [0, 0.05) is 30.2 Å². The van der Waals surface area contributed by atoms with Gasteiger partial charge in [0.2, 0.25) is 0 Å². The van der Waals surface area contributed by atoms with E-state index in [9.17, 15) is 4.79 Å². The monoisotopic (exact) mass is 419 g/mol. The molecule has 0 unspecified atom stereocenters. The Morgan fingerprint density at radius 1 is 1.07 bits per heavy atom. The smallest absolute Gasteiger partial charge is 0.252 e. The Kier molecular flexibility index (Phi) is 4.93. The second-order valence-electron chi connectivity index (χ2n) is 7.88. The Morgan fingerprint density at radius 3 is 2.60 bits per heavy atom. The Balaban J connectivity index is 1.47. The molecule has 0 aliphatic carbocycles. The molecule has 0 atom stereocenters. The summed E-state index contributed by atoms with van der Waals surface area (Å²) in [6, 6.07) is 19.6. The Labute approximate surface area is 180 Å². The van der Waals surface area contributed by atoms with E-state index in [2.05, 4.69) is 34.5 Å². The van der Waals surface area contributed by atoms with Crippen molar-refractivity contribution in [3.05, 3.63) is 88.8 Å². The van der Waals surface area contributed by atoms with Crippen molar-refractivity contribution in [3.8, 4) is 0 Å². The van der Waals surface area contributed by atoms with E-state index in [0.29, 0.717) is 35.0 Å². The third-order valence-corrected chi connectivity index (χ3v) is 6.16. The number of aliphatic imine (C=N–C) groups is 1. The number of nitrogens with zero attached hydrogens (tertiary/aromatic N) is 2. The van der Waals surface area contributed by atoms with E-state index in [1.807, 2.05) is 30.3 Å². The van der Waals surface area contributed by atoms with Crippen LogP contribution in [0.5, 0.6) is 0 Å². The first-order chi connectivity index (χ1) is 14.6. The predicted octanol–water partition coefficient (Wildman–Crippen LogP) is 4.76. The van der Waals surface area contributed by atoms with Crippen LogP contribution in [0.15, 0.2) is 76.3 Å². The van der Waals surface area contributed by atoms with E-state index in [4.69, 9.17) is 21.0 Å². The minimum atomic E-state index is -0.819. The van der Waals surface area contributed by atoms with Crippen LogP contribution in [0.4, 0.5) is 5.69 Å². The van der Waals surface area contributed by atoms with Crippen LogP contribution in [0, 0.1) is 0 Å². The molecule has 0 saturated carbocycles. The summed E-state index contributed by atoms with van der Waals surface area (Å²) in [4.78, 5) is 20.7. The molecule has 2 aliphatic heterocycles. The van der Waals surface area contributed by atoms with Crippen LogP contribution in [0.1, 0.15) is 29.7 Å². The molecule has 0 radical (unpaired) electrons. The van der Waals surface area contributed by atoms with Crippen LogP contribution < -0.4 is 5.32 Å². The number of likely N-dealkylation sites (tertiary alicyclic amines) is 1. The number of benzene rings is 2. The topological polar surface area (TPSA) is 57.8 Å². The summed E-state index contributed by atoms with van der Waals surface area (Å²) >= 11 is 6.26. The van der Waals surface area contributed by atoms with Crippen molar-refractivity contribution in [2.24, 2.45) is 4.99 Å². The first-order valence-electron chi connectivity index (χ1n) is 10.1. The molecular weight excluding hydrogens is 398 g/mol. The Hall–Kier alpha value is -2.89. The molecule has 0 bridgehead atoms. The number of carbonyl (C=O) groups is 1. The van der Waals surface area contributed by atoms with Crippen molar-refractivity contribution < 1.29 is 9.21 Å². The molecule has 1 saturated heterocycles. The SMILES string of the molecule is O=C1Nc2ccc(Cl)cc2C(c2ccco2)=NC12CCN(Cc1ccccc1)CC2. The number of fused-ring (bicyclic) bond motifs is 1. The highest BCUT2D eigenvalue weighted by molar-refractivity contribution is 6.32. The summed E-state index contributed by atoms with van der Waals surface area (Å²) in [6.07, 6.45) is 2.92. The summed E-state index contributed by atoms with van der Waals surface area (Å²) in [7, 11) is 0. The molecule has 1 fully saturated rings. The van der Waals surface area contributed by atoms with Gasteiger partial charge in [-0.05, 0) is 48.7 Å². The lowest BCUT2D eigenvalue weighted by atomic mass is 9.86. The lowest BCUT2D eigenvalue weighted by Gasteiger charge is -2.37. The number of carbonyl (C=O) groups excluding carboxylic acids is 1. The number of hydrogen-bond acceptors (Lipinski definition) is 4. The van der Waals surface area contributed by atoms with Gasteiger partial charge >= 0.3 is 0 Å². The number of piperidine rings is 1. The maximum atomic E-state index is 13.3. The Bertz CT molecular complexity index is 1080. The minimum absolute atomic E-state index is 0.0630. The molecule has 3 aromatic rings. The van der Waals surface area contributed by atoms with Gasteiger partial charge in [0.05, 0.1) is 12.0 Å². The molecule has 6 heteroatoms. The zero-order valence-corrected chi connectivity index (χ0v) is 17.2. The van der Waals surface area contributed by atoms with Crippen LogP contribution in [-0.4, -0.2) is 35.1 Å². The highest BCUT2D eigenvalue weighted by Crippen LogP contribution is 2.36. The molecule has 2 aromatic carbocycles. The number of rotatable bonds is 3. The van der Waals surface area contributed by atoms with E-state index < -0.39 is 5.54 Å². The van der Waals surface area contributed by atoms with Crippen molar-refractivity contribution in [2.45, 2.75) is 24.9 Å². The highest BCUT2D eigenvalue weighted by atomic mass is 35.5. The van der Waals surface area contributed by atoms with Crippen molar-refractivity contribution >= 4 is 28.9 Å². The molecule has 1 N–H and O–H groups in total. The fraction of sp³-hybridized carbons (Fsp3) is 0.250. The molecule has 1 amide bonds. The van der Waals surface area contributed by atoms with E-state index in [-0.39, 0.29) is 5.91 Å². The first kappa shape index (κ1) is 19.1. The lowest BCUT2D eigenvalue weighted by molar-refractivity contribution is -0.122. The van der Waals surface area contributed by atoms with Gasteiger partial charge in [-0.3, -0.25) is 14.7 Å². The number of amides is 1. The number of furan rings is 1. The third-order valence-electron chi connectivity index (χ3n) is 5.92. The summed E-state index contributed by atoms with van der Waals surface area (Å²) in [5, 5.41) is 3.69. The van der Waals surface area contributed by atoms with Gasteiger partial charge in [-0.25, -0.2) is 0 Å². The summed E-state index contributed by atoms with van der Waals surface area (Å²) in [6.45, 7) is 2.48. The van der Waals surface area contributed by atoms with E-state index >= 15 is 0 Å². The van der Waals surface area contributed by atoms with Crippen LogP contribution >= 0.6 is 11.6 Å². The van der Waals surface area contributed by atoms with Crippen LogP contribution in [0.25, 0.3) is 0 Å². The maximum Gasteiger partial charge on any atom is 0.252 e. The number of anilines is 1. The number of nitrogens with one attached hydrogen (secondary N) is 1. The number of hydrogen-bond donors (Lipinski definition) is 1. The van der Waals surface area contributed by atoms with Gasteiger partial charge < -0.3 is 9.73 Å². The van der Waals surface area contributed by atoms with Crippen LogP contribution in [0.2, 0.25) is 5.02 Å². The summed E-state index contributed by atoms with van der Waals surface area (Å²) in [5.41, 5.74) is 2.63. The van der Waals surface area contributed by atoms with E-state index in [1.54, 1.807) is 12.3 Å². The summed E-state index contributed by atoms with van der Waals surface area (Å²) in [5.74, 6) is 0.577. The molecule has 30 heavy (non-hydrogen) atoms. The lowest BCUT2D eigenvalue weighted by Crippen LogP contribution is -2.50. The maximum absolute atomic E-state index is 13.3. The predicted molar refractivity (Wildman–Crippen MR) is 118 cm³/mol. The molecule has 5 rings (SSSR count). The van der Waals surface area contributed by atoms with Crippen molar-refractivity contribution in [1.82, 2.24) is 4.90 Å². The third kappa shape index (κ3) is 3.55. The molecule has 5 nitrogen and oxygen atoms in total. The van der Waals surface area contributed by atoms with Gasteiger partial charge in [-0.15, -0.1) is 0 Å². The molecular formula is C24H22ClN3O2. The van der Waals surface area contributed by atoms with Crippen LogP contribution in [-0.2, 0) is 11.3 Å². The van der Waals surface area contributed by atoms with Gasteiger partial charge in [-0.1, -0.05) is 41.9 Å². The van der Waals surface area contributed by atoms with Crippen molar-refractivity contribution in [2.75, 3.05) is 18.4 Å². The Morgan fingerprint density at radius 2 is 1.87 bits per heavy atom. The first-order valence-corrected chi connectivity index (χ1v) is 10.5. The molecule has 2 aliphatic rings. The molecule has 3 heterocycles. The van der Waals surface area contributed by atoms with Crippen LogP contribution in [0.3, 0.4) is 0 Å². The van der Waals surface area contributed by atoms with Gasteiger partial charge in [0.25, 0.3) is 5.91 Å². The molecule has 1 aromatic heterocycles. The standard InChI is InChI=1S/C24H22ClN3O2/c25-18-8-9-20-19(15-18)22(21-7-4-14-30-21)27-24(23(29)26-20)10-12-28(13-11-24)16-17-5-2-1-3-6-17/h1-9,14-15H,10-13,16H2,(H,26,29). The van der Waals surface area contributed by atoms with E-state index in [1.165, 1.54) is 5.56 Å². The fourth-order valence-corrected chi connectivity index (χ4v) is 4.42. The van der Waals surface area contributed by atoms with Gasteiger partial charge in [0.15, 0.2) is 5.76 Å². The van der Waals surface area contributed by atoms with Crippen molar-refractivity contribution in [1.29, 1.82) is 0 Å². The normalized spacial score (nSPS) is 18.4. The largest absolute Gasteiger partial charge is 0.463 e. The molecule has 1 spiro atoms. The second-order valence-corrected chi connectivity index (χ2v) is 8.31. The highest BCUT2D eigenvalue weighted by Gasteiger charge is 2.44. The second kappa shape index (κ2) is 7.74. The fourth-order valence-electron chi connectivity index (χ4n) is 4.25. The minimum Gasteiger partial charge on any atom is -0.463 e. The van der Waals surface area contributed by atoms with E-state index in [0.717, 1.165) is 25.2 Å². The molecule has 152 valence electrons. The average Bonchev–Trinajstić information content (AvgIpc) is 3.27. The zero-order valence-electron chi connectivity index (χ0n) is 16.5. The zero-order chi connectivity index (χ0) is 20.6.